The van der Waals surface area contributed by atoms with E-state index in [-0.39, 0.29) is 0 Å². The van der Waals surface area contributed by atoms with Crippen molar-refractivity contribution in [3.63, 3.8) is 0 Å². The highest BCUT2D eigenvalue weighted by atomic mass is 15.3. The summed E-state index contributed by atoms with van der Waals surface area (Å²) in [6.45, 7) is 6.50. The highest BCUT2D eigenvalue weighted by Crippen LogP contribution is 1.81. The van der Waals surface area contributed by atoms with E-state index in [9.17, 15) is 0 Å². The highest BCUT2D eigenvalue weighted by molar-refractivity contribution is 4.69. The van der Waals surface area contributed by atoms with Crippen molar-refractivity contribution in [1.82, 2.24) is 15.4 Å². The Morgan fingerprint density at radius 2 is 1.40 bits per heavy atom. The fourth-order valence-electron chi connectivity index (χ4n) is 0.205. The van der Waals surface area contributed by atoms with Gasteiger partial charge < -0.3 is 0 Å². The van der Waals surface area contributed by atoms with Gasteiger partial charge in [0.05, 0.1) is 12.4 Å². The molecule has 1 heterocycles. The van der Waals surface area contributed by atoms with Crippen molar-refractivity contribution in [1.29, 1.82) is 0 Å². The first-order valence-electron chi connectivity index (χ1n) is 3.32. The van der Waals surface area contributed by atoms with Gasteiger partial charge in [-0.2, -0.15) is 0 Å². The second-order valence-corrected chi connectivity index (χ2v) is 2.54. The van der Waals surface area contributed by atoms with Crippen LogP contribution in [0.5, 0.6) is 0 Å². The predicted octanol–water partition coefficient (Wildman–Crippen LogP) is 1.53. The molecule has 0 saturated carbocycles. The van der Waals surface area contributed by atoms with Gasteiger partial charge in [0, 0.05) is 0 Å². The number of hydrogen-bond acceptors (Lipinski definition) is 3. The summed E-state index contributed by atoms with van der Waals surface area (Å²) in [5.74, 6) is 0.833. The van der Waals surface area contributed by atoms with Gasteiger partial charge in [-0.15, -0.1) is 10.2 Å². The molecule has 0 radical (unpaired) electrons. The van der Waals surface area contributed by atoms with Gasteiger partial charge in [0.1, 0.15) is 0 Å². The quantitative estimate of drug-likeness (QED) is 0.547. The standard InChI is InChI=1S/C4H10.C3H3N3/c1-4(2)3;1-2-4-6-5-3-1/h4H,1-3H3;1-3H. The minimum absolute atomic E-state index is 0.833. The molecule has 0 aliphatic heterocycles. The van der Waals surface area contributed by atoms with Crippen LogP contribution in [0.1, 0.15) is 20.8 Å². The molecule has 0 aliphatic rings. The summed E-state index contributed by atoms with van der Waals surface area (Å²) >= 11 is 0. The molecular weight excluding hydrogens is 126 g/mol. The number of aromatic nitrogens is 3. The van der Waals surface area contributed by atoms with Gasteiger partial charge in [0.25, 0.3) is 0 Å². The Bertz CT molecular complexity index is 109. The molecule has 3 heteroatoms. The lowest BCUT2D eigenvalue weighted by molar-refractivity contribution is 0.737. The SMILES string of the molecule is CC(C)C.c1cnnnc1. The van der Waals surface area contributed by atoms with Crippen LogP contribution in [0.3, 0.4) is 0 Å². The summed E-state index contributed by atoms with van der Waals surface area (Å²) in [6.07, 6.45) is 3.15. The summed E-state index contributed by atoms with van der Waals surface area (Å²) in [6, 6.07) is 1.72. The third kappa shape index (κ3) is 10.1. The van der Waals surface area contributed by atoms with Crippen LogP contribution in [0.4, 0.5) is 0 Å². The first kappa shape index (κ1) is 9.01. The zero-order valence-electron chi connectivity index (χ0n) is 6.65. The molecule has 1 aromatic heterocycles. The molecule has 0 N–H and O–H groups in total. The van der Waals surface area contributed by atoms with Gasteiger partial charge in [-0.05, 0) is 17.2 Å². The van der Waals surface area contributed by atoms with Crippen molar-refractivity contribution in [2.45, 2.75) is 20.8 Å². The molecule has 0 saturated heterocycles. The Hall–Kier alpha value is -0.990. The highest BCUT2D eigenvalue weighted by Gasteiger charge is 1.68. The van der Waals surface area contributed by atoms with Crippen LogP contribution in [0.25, 0.3) is 0 Å². The van der Waals surface area contributed by atoms with Crippen molar-refractivity contribution in [3.05, 3.63) is 18.5 Å². The van der Waals surface area contributed by atoms with Crippen LogP contribution in [0, 0.1) is 5.92 Å². The molecule has 56 valence electrons. The van der Waals surface area contributed by atoms with Gasteiger partial charge in [-0.25, -0.2) is 0 Å². The molecule has 10 heavy (non-hydrogen) atoms. The fourth-order valence-corrected chi connectivity index (χ4v) is 0.205. The van der Waals surface area contributed by atoms with Crippen molar-refractivity contribution < 1.29 is 0 Å². The zero-order chi connectivity index (χ0) is 7.82. The smallest absolute Gasteiger partial charge is 0.0529 e. The lowest BCUT2D eigenvalue weighted by atomic mass is 10.3. The molecule has 0 aromatic carbocycles. The Balaban J connectivity index is 0.000000180. The molecule has 1 aromatic rings. The van der Waals surface area contributed by atoms with Gasteiger partial charge in [-0.3, -0.25) is 0 Å². The van der Waals surface area contributed by atoms with Crippen LogP contribution in [-0.2, 0) is 0 Å². The van der Waals surface area contributed by atoms with E-state index in [1.807, 2.05) is 0 Å². The van der Waals surface area contributed by atoms with Crippen molar-refractivity contribution in [3.8, 4) is 0 Å². The number of hydrogen-bond donors (Lipinski definition) is 0. The molecule has 0 aliphatic carbocycles. The van der Waals surface area contributed by atoms with Crippen LogP contribution >= 0.6 is 0 Å². The molecule has 3 nitrogen and oxygen atoms in total. The third-order valence-electron chi connectivity index (χ3n) is 0.409. The van der Waals surface area contributed by atoms with Gasteiger partial charge >= 0.3 is 0 Å². The van der Waals surface area contributed by atoms with Gasteiger partial charge in [0.15, 0.2) is 0 Å². The van der Waals surface area contributed by atoms with Gasteiger partial charge in [-0.1, -0.05) is 20.8 Å². The van der Waals surface area contributed by atoms with Crippen molar-refractivity contribution >= 4 is 0 Å². The molecule has 0 atom stereocenters. The van der Waals surface area contributed by atoms with E-state index >= 15 is 0 Å². The molecule has 0 unspecified atom stereocenters. The van der Waals surface area contributed by atoms with Crippen molar-refractivity contribution in [2.75, 3.05) is 0 Å². The van der Waals surface area contributed by atoms with E-state index in [1.54, 1.807) is 18.5 Å². The number of rotatable bonds is 0. The lowest BCUT2D eigenvalue weighted by Gasteiger charge is -1.79. The summed E-state index contributed by atoms with van der Waals surface area (Å²) in [5, 5.41) is 10.1. The maximum Gasteiger partial charge on any atom is 0.0529 e. The van der Waals surface area contributed by atoms with E-state index < -0.39 is 0 Å². The molecule has 1 rings (SSSR count). The second kappa shape index (κ2) is 6.13. The average Bonchev–Trinajstić information content (AvgIpc) is 1.90. The molecule has 0 fully saturated rings. The largest absolute Gasteiger partial charge is 0.139 e. The Labute approximate surface area is 61.5 Å². The maximum absolute atomic E-state index is 3.42. The lowest BCUT2D eigenvalue weighted by Crippen LogP contribution is -1.78. The van der Waals surface area contributed by atoms with Crippen LogP contribution < -0.4 is 0 Å². The van der Waals surface area contributed by atoms with E-state index in [2.05, 4.69) is 36.2 Å². The minimum atomic E-state index is 0.833. The predicted molar refractivity (Wildman–Crippen MR) is 40.3 cm³/mol. The van der Waals surface area contributed by atoms with Gasteiger partial charge in [0.2, 0.25) is 0 Å². The Kier molecular flexibility index (Phi) is 5.53. The van der Waals surface area contributed by atoms with E-state index in [4.69, 9.17) is 0 Å². The van der Waals surface area contributed by atoms with E-state index in [0.717, 1.165) is 5.92 Å². The monoisotopic (exact) mass is 139 g/mol. The number of nitrogens with zero attached hydrogens (tertiary/aromatic N) is 3. The maximum atomic E-state index is 3.42. The third-order valence-corrected chi connectivity index (χ3v) is 0.409. The first-order valence-corrected chi connectivity index (χ1v) is 3.32. The minimum Gasteiger partial charge on any atom is -0.139 e. The molecule has 0 amide bonds. The molecule has 0 spiro atoms. The summed E-state index contributed by atoms with van der Waals surface area (Å²) in [4.78, 5) is 0. The van der Waals surface area contributed by atoms with Crippen LogP contribution in [0.2, 0.25) is 0 Å². The fraction of sp³-hybridized carbons (Fsp3) is 0.571. The summed E-state index contributed by atoms with van der Waals surface area (Å²) in [7, 11) is 0. The second-order valence-electron chi connectivity index (χ2n) is 2.54. The van der Waals surface area contributed by atoms with E-state index in [0.29, 0.717) is 0 Å². The van der Waals surface area contributed by atoms with Crippen LogP contribution in [0.15, 0.2) is 18.5 Å². The van der Waals surface area contributed by atoms with E-state index in [1.165, 1.54) is 0 Å². The Morgan fingerprint density at radius 3 is 1.50 bits per heavy atom. The average molecular weight is 139 g/mol. The topological polar surface area (TPSA) is 38.7 Å². The zero-order valence-corrected chi connectivity index (χ0v) is 6.65. The molecular formula is C7H13N3. The van der Waals surface area contributed by atoms with Crippen molar-refractivity contribution in [2.24, 2.45) is 5.92 Å². The Morgan fingerprint density at radius 1 is 1.00 bits per heavy atom. The first-order chi connectivity index (χ1) is 4.73. The van der Waals surface area contributed by atoms with Crippen LogP contribution in [-0.4, -0.2) is 15.4 Å². The molecule has 0 bridgehead atoms. The summed E-state index contributed by atoms with van der Waals surface area (Å²) < 4.78 is 0. The summed E-state index contributed by atoms with van der Waals surface area (Å²) in [5.41, 5.74) is 0. The normalized spacial score (nSPS) is 8.40.